The molecule has 1 aliphatic rings. The number of hydrogen-bond donors (Lipinski definition) is 0. The third-order valence-corrected chi connectivity index (χ3v) is 7.31. The van der Waals surface area contributed by atoms with E-state index >= 15 is 0 Å². The molecule has 1 aromatic heterocycles. The summed E-state index contributed by atoms with van der Waals surface area (Å²) < 4.78 is 19.4. The van der Waals surface area contributed by atoms with E-state index in [0.717, 1.165) is 44.5 Å². The van der Waals surface area contributed by atoms with E-state index in [9.17, 15) is 0 Å². The summed E-state index contributed by atoms with van der Waals surface area (Å²) in [6.07, 6.45) is 0. The van der Waals surface area contributed by atoms with Gasteiger partial charge in [0.05, 0.1) is 16.9 Å². The van der Waals surface area contributed by atoms with Crippen LogP contribution in [0, 0.1) is 0 Å². The maximum absolute atomic E-state index is 6.69. The SMILES string of the molecule is CC1(C)OB(c2cccc3c2oc2c(N(c4ccccc4)c4ccccc4)cccc23)OC1(C)C. The molecule has 1 fully saturated rings. The van der Waals surface area contributed by atoms with Gasteiger partial charge >= 0.3 is 7.12 Å². The minimum absolute atomic E-state index is 0.422. The zero-order valence-corrected chi connectivity index (χ0v) is 20.5. The van der Waals surface area contributed by atoms with Gasteiger partial charge in [0.25, 0.3) is 0 Å². The molecule has 0 aliphatic carbocycles. The van der Waals surface area contributed by atoms with Gasteiger partial charge in [-0.25, -0.2) is 0 Å². The van der Waals surface area contributed by atoms with Crippen LogP contribution in [0.15, 0.2) is 101 Å². The number of anilines is 3. The predicted octanol–water partition coefficient (Wildman–Crippen LogP) is 7.36. The van der Waals surface area contributed by atoms with Crippen LogP contribution >= 0.6 is 0 Å². The Balaban J connectivity index is 1.56. The van der Waals surface area contributed by atoms with Gasteiger partial charge in [-0.05, 0) is 58.0 Å². The highest BCUT2D eigenvalue weighted by Gasteiger charge is 2.52. The molecule has 5 aromatic rings. The Kier molecular flexibility index (Phi) is 5.03. The van der Waals surface area contributed by atoms with Crippen molar-refractivity contribution in [3.05, 3.63) is 97.1 Å². The fourth-order valence-electron chi connectivity index (χ4n) is 4.74. The van der Waals surface area contributed by atoms with Gasteiger partial charge in [-0.1, -0.05) is 66.7 Å². The molecule has 35 heavy (non-hydrogen) atoms. The molecule has 1 saturated heterocycles. The van der Waals surface area contributed by atoms with Crippen LogP contribution in [0.5, 0.6) is 0 Å². The normalized spacial score (nSPS) is 16.7. The van der Waals surface area contributed by atoms with Crippen LogP contribution < -0.4 is 10.4 Å². The molecule has 4 nitrogen and oxygen atoms in total. The second kappa shape index (κ2) is 8.01. The molecule has 0 unspecified atom stereocenters. The average molecular weight is 461 g/mol. The molecule has 0 spiro atoms. The topological polar surface area (TPSA) is 34.8 Å². The smallest absolute Gasteiger partial charge is 0.454 e. The molecule has 0 saturated carbocycles. The highest BCUT2D eigenvalue weighted by atomic mass is 16.7. The van der Waals surface area contributed by atoms with Crippen molar-refractivity contribution >= 4 is 51.6 Å². The van der Waals surface area contributed by atoms with E-state index in [1.54, 1.807) is 0 Å². The molecule has 0 radical (unpaired) electrons. The Morgan fingerprint density at radius 1 is 0.571 bits per heavy atom. The van der Waals surface area contributed by atoms with Crippen LogP contribution in [-0.4, -0.2) is 18.3 Å². The fourth-order valence-corrected chi connectivity index (χ4v) is 4.74. The maximum Gasteiger partial charge on any atom is 0.498 e. The van der Waals surface area contributed by atoms with Gasteiger partial charge in [0.15, 0.2) is 5.58 Å². The summed E-state index contributed by atoms with van der Waals surface area (Å²) in [7, 11) is -0.493. The molecule has 174 valence electrons. The Morgan fingerprint density at radius 2 is 1.09 bits per heavy atom. The lowest BCUT2D eigenvalue weighted by Gasteiger charge is -2.32. The van der Waals surface area contributed by atoms with Crippen LogP contribution in [-0.2, 0) is 9.31 Å². The average Bonchev–Trinajstić information content (AvgIpc) is 3.34. The van der Waals surface area contributed by atoms with Gasteiger partial charge in [-0.15, -0.1) is 0 Å². The van der Waals surface area contributed by atoms with Gasteiger partial charge in [0.2, 0.25) is 0 Å². The Bertz CT molecular complexity index is 1450. The molecule has 0 N–H and O–H groups in total. The Labute approximate surface area is 206 Å². The molecule has 6 rings (SSSR count). The van der Waals surface area contributed by atoms with Crippen molar-refractivity contribution < 1.29 is 13.7 Å². The van der Waals surface area contributed by atoms with Crippen molar-refractivity contribution in [1.29, 1.82) is 0 Å². The number of hydrogen-bond acceptors (Lipinski definition) is 4. The molecule has 4 aromatic carbocycles. The van der Waals surface area contributed by atoms with Crippen LogP contribution in [0.1, 0.15) is 27.7 Å². The van der Waals surface area contributed by atoms with Crippen molar-refractivity contribution in [2.45, 2.75) is 38.9 Å². The van der Waals surface area contributed by atoms with Crippen LogP contribution in [0.2, 0.25) is 0 Å². The number of benzene rings is 4. The summed E-state index contributed by atoms with van der Waals surface area (Å²) in [6.45, 7) is 8.28. The largest absolute Gasteiger partial charge is 0.498 e. The van der Waals surface area contributed by atoms with Gasteiger partial charge in [0, 0.05) is 27.6 Å². The number of furan rings is 1. The van der Waals surface area contributed by atoms with E-state index in [1.165, 1.54) is 0 Å². The van der Waals surface area contributed by atoms with Crippen molar-refractivity contribution in [1.82, 2.24) is 0 Å². The van der Waals surface area contributed by atoms with Crippen LogP contribution in [0.3, 0.4) is 0 Å². The summed E-state index contributed by atoms with van der Waals surface area (Å²) >= 11 is 0. The second-order valence-electron chi connectivity index (χ2n) is 10.1. The first-order valence-corrected chi connectivity index (χ1v) is 12.1. The van der Waals surface area contributed by atoms with E-state index in [1.807, 2.05) is 18.2 Å². The first-order chi connectivity index (χ1) is 16.9. The molecular weight excluding hydrogens is 433 g/mol. The molecule has 0 amide bonds. The third-order valence-electron chi connectivity index (χ3n) is 7.31. The summed E-state index contributed by atoms with van der Waals surface area (Å²) in [5, 5.41) is 2.11. The van der Waals surface area contributed by atoms with Crippen molar-refractivity contribution in [3.8, 4) is 0 Å². The summed E-state index contributed by atoms with van der Waals surface area (Å²) in [5.41, 5.74) is 4.82. The number of rotatable bonds is 4. The molecule has 1 aliphatic heterocycles. The third kappa shape index (κ3) is 3.54. The molecule has 5 heteroatoms. The van der Waals surface area contributed by atoms with E-state index in [2.05, 4.69) is 111 Å². The first-order valence-electron chi connectivity index (χ1n) is 12.1. The van der Waals surface area contributed by atoms with Gasteiger partial charge in [0.1, 0.15) is 5.58 Å². The van der Waals surface area contributed by atoms with Crippen molar-refractivity contribution in [2.75, 3.05) is 4.90 Å². The quantitative estimate of drug-likeness (QED) is 0.262. The van der Waals surface area contributed by atoms with E-state index in [4.69, 9.17) is 13.7 Å². The van der Waals surface area contributed by atoms with Crippen molar-refractivity contribution in [2.24, 2.45) is 0 Å². The van der Waals surface area contributed by atoms with E-state index in [-0.39, 0.29) is 0 Å². The van der Waals surface area contributed by atoms with E-state index < -0.39 is 18.3 Å². The Hall–Kier alpha value is -3.54. The lowest BCUT2D eigenvalue weighted by atomic mass is 9.78. The minimum atomic E-state index is -0.493. The standard InChI is InChI=1S/C30H28BNO3/c1-29(2)30(3,4)35-31(34-29)25-19-11-17-23-24-18-12-20-26(28(24)33-27(23)25)32(21-13-7-5-8-14-21)22-15-9-6-10-16-22/h5-20H,1-4H3. The summed E-state index contributed by atoms with van der Waals surface area (Å²) in [4.78, 5) is 2.24. The molecule has 0 atom stereocenters. The van der Waals surface area contributed by atoms with Crippen molar-refractivity contribution in [3.63, 3.8) is 0 Å². The summed E-state index contributed by atoms with van der Waals surface area (Å²) in [6, 6.07) is 33.3. The molecule has 0 bridgehead atoms. The van der Waals surface area contributed by atoms with E-state index in [0.29, 0.717) is 0 Å². The summed E-state index contributed by atoms with van der Waals surface area (Å²) in [5.74, 6) is 0. The highest BCUT2D eigenvalue weighted by molar-refractivity contribution is 6.65. The molecule has 2 heterocycles. The zero-order valence-electron chi connectivity index (χ0n) is 20.5. The number of para-hydroxylation sites is 4. The fraction of sp³-hybridized carbons (Fsp3) is 0.200. The lowest BCUT2D eigenvalue weighted by Crippen LogP contribution is -2.41. The maximum atomic E-state index is 6.69. The van der Waals surface area contributed by atoms with Crippen LogP contribution in [0.4, 0.5) is 17.1 Å². The highest BCUT2D eigenvalue weighted by Crippen LogP contribution is 2.42. The van der Waals surface area contributed by atoms with Gasteiger partial charge in [-0.2, -0.15) is 0 Å². The van der Waals surface area contributed by atoms with Gasteiger partial charge < -0.3 is 18.6 Å². The lowest BCUT2D eigenvalue weighted by molar-refractivity contribution is 0.00578. The monoisotopic (exact) mass is 461 g/mol. The Morgan fingerprint density at radius 3 is 1.66 bits per heavy atom. The minimum Gasteiger partial charge on any atom is -0.454 e. The second-order valence-corrected chi connectivity index (χ2v) is 10.1. The zero-order chi connectivity index (χ0) is 24.2. The molecular formula is C30H28BNO3. The van der Waals surface area contributed by atoms with Gasteiger partial charge in [-0.3, -0.25) is 0 Å². The first kappa shape index (κ1) is 22.0. The number of nitrogens with zero attached hydrogens (tertiary/aromatic N) is 1. The van der Waals surface area contributed by atoms with Crippen LogP contribution in [0.25, 0.3) is 21.9 Å². The number of fused-ring (bicyclic) bond motifs is 3. The predicted molar refractivity (Wildman–Crippen MR) is 144 cm³/mol.